The van der Waals surface area contributed by atoms with Gasteiger partial charge in [-0.25, -0.2) is 13.2 Å². The number of carbonyl (C=O) groups is 1. The number of sulfonamides is 1. The Morgan fingerprint density at radius 2 is 1.94 bits per heavy atom. The fraction of sp³-hybridized carbons (Fsp3) is 0.333. The molecule has 170 valence electrons. The van der Waals surface area contributed by atoms with Gasteiger partial charge in [0.2, 0.25) is 0 Å². The van der Waals surface area contributed by atoms with Crippen LogP contribution in [0.25, 0.3) is 0 Å². The maximum Gasteiger partial charge on any atom is 0.337 e. The molecule has 32 heavy (non-hydrogen) atoms. The summed E-state index contributed by atoms with van der Waals surface area (Å²) in [5, 5.41) is 18.6. The summed E-state index contributed by atoms with van der Waals surface area (Å²) in [6.45, 7) is 3.57. The number of ether oxygens (including phenoxy) is 1. The average molecular weight is 479 g/mol. The molecule has 0 amide bonds. The monoisotopic (exact) mass is 478 g/mol. The highest BCUT2D eigenvalue weighted by atomic mass is 35.5. The Bertz CT molecular complexity index is 1140. The van der Waals surface area contributed by atoms with Crippen LogP contribution in [0.4, 0.5) is 11.4 Å². The summed E-state index contributed by atoms with van der Waals surface area (Å²) >= 11 is 5.94. The van der Waals surface area contributed by atoms with Crippen LogP contribution in [0.5, 0.6) is 5.75 Å². The van der Waals surface area contributed by atoms with Gasteiger partial charge in [0.1, 0.15) is 10.6 Å². The first-order chi connectivity index (χ1) is 15.2. The highest BCUT2D eigenvalue weighted by Crippen LogP contribution is 2.31. The molecule has 0 radical (unpaired) electrons. The number of benzene rings is 2. The van der Waals surface area contributed by atoms with Crippen LogP contribution in [0, 0.1) is 11.3 Å². The molecule has 0 aliphatic carbocycles. The molecule has 1 fully saturated rings. The molecule has 9 nitrogen and oxygen atoms in total. The third kappa shape index (κ3) is 5.43. The van der Waals surface area contributed by atoms with E-state index in [2.05, 4.69) is 15.7 Å². The van der Waals surface area contributed by atoms with E-state index in [9.17, 15) is 18.3 Å². The summed E-state index contributed by atoms with van der Waals surface area (Å²) in [6, 6.07) is 10.9. The van der Waals surface area contributed by atoms with Crippen LogP contribution >= 0.6 is 11.6 Å². The summed E-state index contributed by atoms with van der Waals surface area (Å²) in [5.41, 5.74) is 0.459. The van der Waals surface area contributed by atoms with E-state index in [1.54, 1.807) is 6.07 Å². The second kappa shape index (κ2) is 10.1. The quantitative estimate of drug-likeness (QED) is 0.593. The molecule has 2 aromatic rings. The number of nitrogens with one attached hydrogen (secondary N) is 1. The van der Waals surface area contributed by atoms with Gasteiger partial charge in [0.15, 0.2) is 0 Å². The van der Waals surface area contributed by atoms with E-state index in [0.717, 1.165) is 13.1 Å². The predicted molar refractivity (Wildman–Crippen MR) is 121 cm³/mol. The Morgan fingerprint density at radius 3 is 2.56 bits per heavy atom. The Labute approximate surface area is 191 Å². The zero-order valence-electron chi connectivity index (χ0n) is 17.4. The van der Waals surface area contributed by atoms with Gasteiger partial charge >= 0.3 is 5.97 Å². The highest BCUT2D eigenvalue weighted by Gasteiger charge is 2.24. The fourth-order valence-electron chi connectivity index (χ4n) is 3.49. The number of carboxylic acid groups (broad SMARTS) is 1. The zero-order valence-corrected chi connectivity index (χ0v) is 19.0. The van der Waals surface area contributed by atoms with Gasteiger partial charge in [0.05, 0.1) is 24.4 Å². The lowest BCUT2D eigenvalue weighted by Gasteiger charge is -2.36. The molecular weight excluding hydrogens is 456 g/mol. The van der Waals surface area contributed by atoms with Crippen LogP contribution in [0.1, 0.15) is 16.8 Å². The molecule has 1 aliphatic rings. The minimum atomic E-state index is -4.16. The molecule has 3 rings (SSSR count). The molecule has 0 spiro atoms. The fourth-order valence-corrected chi connectivity index (χ4v) is 5.01. The van der Waals surface area contributed by atoms with Gasteiger partial charge in [-0.15, -0.1) is 0 Å². The number of hydrogen-bond donors (Lipinski definition) is 2. The molecule has 1 saturated heterocycles. The molecule has 11 heteroatoms. The molecule has 0 bridgehead atoms. The number of hydrogen-bond acceptors (Lipinski definition) is 7. The van der Waals surface area contributed by atoms with Crippen molar-refractivity contribution in [3.05, 3.63) is 47.0 Å². The lowest BCUT2D eigenvalue weighted by molar-refractivity contribution is 0.0698. The number of methoxy groups -OCH3 is 1. The SMILES string of the molecule is COc1ccc(Cl)cc1S(=O)(=O)Nc1ccc(N2CCN(CCC#N)CC2)cc1C(=O)O. The van der Waals surface area contributed by atoms with Crippen LogP contribution in [0.15, 0.2) is 41.3 Å². The Morgan fingerprint density at radius 1 is 1.22 bits per heavy atom. The second-order valence-electron chi connectivity index (χ2n) is 7.17. The number of rotatable bonds is 8. The van der Waals surface area contributed by atoms with E-state index in [-0.39, 0.29) is 26.9 Å². The highest BCUT2D eigenvalue weighted by molar-refractivity contribution is 7.92. The average Bonchev–Trinajstić information content (AvgIpc) is 2.78. The van der Waals surface area contributed by atoms with E-state index in [1.807, 2.05) is 4.90 Å². The molecule has 1 aliphatic heterocycles. The minimum absolute atomic E-state index is 0.0593. The third-order valence-electron chi connectivity index (χ3n) is 5.17. The largest absolute Gasteiger partial charge is 0.495 e. The normalized spacial score (nSPS) is 14.6. The van der Waals surface area contributed by atoms with Crippen LogP contribution in [-0.4, -0.2) is 64.2 Å². The Kier molecular flexibility index (Phi) is 7.45. The maximum absolute atomic E-state index is 12.9. The van der Waals surface area contributed by atoms with Crippen molar-refractivity contribution in [2.75, 3.05) is 49.5 Å². The summed E-state index contributed by atoms with van der Waals surface area (Å²) < 4.78 is 33.3. The second-order valence-corrected chi connectivity index (χ2v) is 9.26. The number of aromatic carboxylic acids is 1. The standard InChI is InChI=1S/C21H23ClN4O5S/c1-31-19-6-3-15(22)13-20(19)32(29,30)24-18-5-4-16(14-17(18)21(27)28)26-11-9-25(10-12-26)8-2-7-23/h3-6,13-14,24H,2,8-12H2,1H3,(H,27,28). The lowest BCUT2D eigenvalue weighted by Crippen LogP contribution is -2.46. The molecule has 0 atom stereocenters. The van der Waals surface area contributed by atoms with Gasteiger partial charge in [0.25, 0.3) is 10.0 Å². The number of anilines is 2. The lowest BCUT2D eigenvalue weighted by atomic mass is 10.1. The number of halogens is 1. The van der Waals surface area contributed by atoms with Crippen molar-refractivity contribution in [2.45, 2.75) is 11.3 Å². The van der Waals surface area contributed by atoms with Crippen LogP contribution in [-0.2, 0) is 10.0 Å². The van der Waals surface area contributed by atoms with E-state index >= 15 is 0 Å². The van der Waals surface area contributed by atoms with Gasteiger partial charge in [0, 0.05) is 49.9 Å². The van der Waals surface area contributed by atoms with E-state index in [4.69, 9.17) is 21.6 Å². The topological polar surface area (TPSA) is 123 Å². The molecule has 0 unspecified atom stereocenters. The minimum Gasteiger partial charge on any atom is -0.495 e. The van der Waals surface area contributed by atoms with Gasteiger partial charge < -0.3 is 14.7 Å². The number of carboxylic acids is 1. The Balaban J connectivity index is 1.84. The van der Waals surface area contributed by atoms with Gasteiger partial charge in [-0.3, -0.25) is 9.62 Å². The van der Waals surface area contributed by atoms with Crippen molar-refractivity contribution in [2.24, 2.45) is 0 Å². The van der Waals surface area contributed by atoms with Crippen molar-refractivity contribution in [1.29, 1.82) is 5.26 Å². The van der Waals surface area contributed by atoms with Crippen LogP contribution < -0.4 is 14.4 Å². The van der Waals surface area contributed by atoms with E-state index < -0.39 is 16.0 Å². The summed E-state index contributed by atoms with van der Waals surface area (Å²) in [5.74, 6) is -1.17. The third-order valence-corrected chi connectivity index (χ3v) is 6.79. The first-order valence-corrected chi connectivity index (χ1v) is 11.7. The van der Waals surface area contributed by atoms with Crippen LogP contribution in [0.3, 0.4) is 0 Å². The van der Waals surface area contributed by atoms with Crippen molar-refractivity contribution in [3.63, 3.8) is 0 Å². The number of nitrogens with zero attached hydrogens (tertiary/aromatic N) is 3. The molecule has 0 aromatic heterocycles. The van der Waals surface area contributed by atoms with Crippen molar-refractivity contribution in [3.8, 4) is 11.8 Å². The van der Waals surface area contributed by atoms with E-state index in [0.29, 0.717) is 31.7 Å². The molecular formula is C21H23ClN4O5S. The van der Waals surface area contributed by atoms with Crippen molar-refractivity contribution >= 4 is 39.0 Å². The van der Waals surface area contributed by atoms with Crippen molar-refractivity contribution < 1.29 is 23.1 Å². The van der Waals surface area contributed by atoms with Gasteiger partial charge in [-0.1, -0.05) is 11.6 Å². The first-order valence-electron chi connectivity index (χ1n) is 9.83. The number of piperazine rings is 1. The zero-order chi connectivity index (χ0) is 23.3. The predicted octanol–water partition coefficient (Wildman–Crippen LogP) is 2.88. The first kappa shape index (κ1) is 23.7. The Hall–Kier alpha value is -3.00. The molecule has 2 N–H and O–H groups in total. The van der Waals surface area contributed by atoms with Gasteiger partial charge in [-0.2, -0.15) is 5.26 Å². The van der Waals surface area contributed by atoms with E-state index in [1.165, 1.54) is 37.4 Å². The maximum atomic E-state index is 12.9. The molecule has 2 aromatic carbocycles. The van der Waals surface area contributed by atoms with Crippen LogP contribution in [0.2, 0.25) is 5.02 Å². The molecule has 0 saturated carbocycles. The smallest absolute Gasteiger partial charge is 0.337 e. The summed E-state index contributed by atoms with van der Waals surface area (Å²) in [4.78, 5) is 15.9. The summed E-state index contributed by atoms with van der Waals surface area (Å²) in [7, 11) is -2.82. The van der Waals surface area contributed by atoms with Crippen molar-refractivity contribution in [1.82, 2.24) is 4.90 Å². The number of nitriles is 1. The molecule has 1 heterocycles. The summed E-state index contributed by atoms with van der Waals surface area (Å²) in [6.07, 6.45) is 0.468. The van der Waals surface area contributed by atoms with Gasteiger partial charge in [-0.05, 0) is 36.4 Å².